The number of benzene rings is 1. The molecular formula is C18H19N3O4. The van der Waals surface area contributed by atoms with E-state index in [0.29, 0.717) is 28.3 Å². The molecule has 2 aliphatic rings. The van der Waals surface area contributed by atoms with Gasteiger partial charge in [-0.3, -0.25) is 25.2 Å². The number of nitro groups is 2. The van der Waals surface area contributed by atoms with Crippen molar-refractivity contribution in [2.24, 2.45) is 17.8 Å². The standard InChI is InChI=1S/C18H19N3O4/c22-20(23)17-3-1-2-13-14(17)6-7-19-16(13)10-18(21(24)25)15-9-11-4-5-12(15)8-11/h1-3,6-7,11-12,15,18H,4-5,8-10H2. The van der Waals surface area contributed by atoms with Gasteiger partial charge >= 0.3 is 0 Å². The molecule has 1 aromatic heterocycles. The van der Waals surface area contributed by atoms with Crippen LogP contribution in [0, 0.1) is 38.0 Å². The van der Waals surface area contributed by atoms with Gasteiger partial charge in [-0.25, -0.2) is 0 Å². The van der Waals surface area contributed by atoms with E-state index in [2.05, 4.69) is 4.98 Å². The summed E-state index contributed by atoms with van der Waals surface area (Å²) in [4.78, 5) is 26.7. The monoisotopic (exact) mass is 341 g/mol. The van der Waals surface area contributed by atoms with E-state index in [1.807, 2.05) is 0 Å². The topological polar surface area (TPSA) is 99.2 Å². The van der Waals surface area contributed by atoms with Crippen molar-refractivity contribution in [3.8, 4) is 0 Å². The summed E-state index contributed by atoms with van der Waals surface area (Å²) in [6.45, 7) is 0. The lowest BCUT2D eigenvalue weighted by Gasteiger charge is -2.24. The molecule has 2 saturated carbocycles. The van der Waals surface area contributed by atoms with Crippen molar-refractivity contribution in [2.75, 3.05) is 0 Å². The minimum absolute atomic E-state index is 0.0127. The maximum absolute atomic E-state index is 11.7. The first kappa shape index (κ1) is 15.9. The molecule has 0 amide bonds. The number of fused-ring (bicyclic) bond motifs is 3. The molecule has 25 heavy (non-hydrogen) atoms. The average molecular weight is 341 g/mol. The van der Waals surface area contributed by atoms with E-state index in [0.717, 1.165) is 19.3 Å². The van der Waals surface area contributed by atoms with Gasteiger partial charge in [0.2, 0.25) is 6.04 Å². The summed E-state index contributed by atoms with van der Waals surface area (Å²) in [7, 11) is 0. The van der Waals surface area contributed by atoms with Crippen molar-refractivity contribution < 1.29 is 9.85 Å². The number of rotatable bonds is 5. The SMILES string of the molecule is O=[N+]([O-])c1cccc2c(CC(C3CC4CCC3C4)[N+](=O)[O-])nccc12. The molecule has 7 nitrogen and oxygen atoms in total. The van der Waals surface area contributed by atoms with Crippen LogP contribution < -0.4 is 0 Å². The molecule has 1 heterocycles. The molecule has 130 valence electrons. The molecule has 4 atom stereocenters. The zero-order valence-corrected chi connectivity index (χ0v) is 13.7. The molecule has 0 saturated heterocycles. The van der Waals surface area contributed by atoms with E-state index in [9.17, 15) is 20.2 Å². The Kier molecular flexibility index (Phi) is 3.86. The van der Waals surface area contributed by atoms with E-state index >= 15 is 0 Å². The zero-order valence-electron chi connectivity index (χ0n) is 13.7. The number of hydrogen-bond donors (Lipinski definition) is 0. The van der Waals surface area contributed by atoms with E-state index < -0.39 is 11.0 Å². The predicted octanol–water partition coefficient (Wildman–Crippen LogP) is 3.77. The highest BCUT2D eigenvalue weighted by Gasteiger charge is 2.47. The number of hydrogen-bond acceptors (Lipinski definition) is 5. The fourth-order valence-electron chi connectivity index (χ4n) is 4.92. The van der Waals surface area contributed by atoms with Crippen LogP contribution in [0.3, 0.4) is 0 Å². The van der Waals surface area contributed by atoms with Crippen LogP contribution in [-0.2, 0) is 6.42 Å². The van der Waals surface area contributed by atoms with E-state index in [-0.39, 0.29) is 22.9 Å². The molecule has 0 spiro atoms. The number of aromatic nitrogens is 1. The fourth-order valence-corrected chi connectivity index (χ4v) is 4.92. The molecule has 2 aliphatic carbocycles. The van der Waals surface area contributed by atoms with Crippen LogP contribution in [0.2, 0.25) is 0 Å². The van der Waals surface area contributed by atoms with Gasteiger partial charge in [-0.2, -0.15) is 0 Å². The van der Waals surface area contributed by atoms with Crippen molar-refractivity contribution >= 4 is 16.5 Å². The molecule has 2 fully saturated rings. The Hall–Kier alpha value is -2.57. The van der Waals surface area contributed by atoms with Crippen molar-refractivity contribution in [2.45, 2.75) is 38.1 Å². The first-order valence-electron chi connectivity index (χ1n) is 8.69. The van der Waals surface area contributed by atoms with E-state index in [1.54, 1.807) is 18.2 Å². The predicted molar refractivity (Wildman–Crippen MR) is 91.8 cm³/mol. The Morgan fingerprint density at radius 3 is 2.60 bits per heavy atom. The van der Waals surface area contributed by atoms with E-state index in [4.69, 9.17) is 0 Å². The van der Waals surface area contributed by atoms with Crippen molar-refractivity contribution in [3.63, 3.8) is 0 Å². The van der Waals surface area contributed by atoms with Crippen LogP contribution >= 0.6 is 0 Å². The molecular weight excluding hydrogens is 322 g/mol. The van der Waals surface area contributed by atoms with Gasteiger partial charge in [0.25, 0.3) is 5.69 Å². The summed E-state index contributed by atoms with van der Waals surface area (Å²) in [5.74, 6) is 1.19. The highest BCUT2D eigenvalue weighted by molar-refractivity contribution is 5.92. The van der Waals surface area contributed by atoms with Gasteiger partial charge < -0.3 is 0 Å². The van der Waals surface area contributed by atoms with Gasteiger partial charge in [0.15, 0.2) is 0 Å². The maximum atomic E-state index is 11.7. The maximum Gasteiger partial charge on any atom is 0.277 e. The normalized spacial score (nSPS) is 26.0. The molecule has 1 aromatic carbocycles. The van der Waals surface area contributed by atoms with Crippen molar-refractivity contribution in [1.29, 1.82) is 0 Å². The zero-order chi connectivity index (χ0) is 17.6. The summed E-state index contributed by atoms with van der Waals surface area (Å²) < 4.78 is 0. The lowest BCUT2D eigenvalue weighted by molar-refractivity contribution is -0.533. The third-order valence-electron chi connectivity index (χ3n) is 6.02. The number of pyridine rings is 1. The van der Waals surface area contributed by atoms with Crippen LogP contribution in [0.15, 0.2) is 30.5 Å². The molecule has 0 radical (unpaired) electrons. The average Bonchev–Trinajstić information content (AvgIpc) is 3.21. The molecule has 7 heteroatoms. The molecule has 0 N–H and O–H groups in total. The Balaban J connectivity index is 1.70. The van der Waals surface area contributed by atoms with Gasteiger partial charge in [0, 0.05) is 28.5 Å². The second-order valence-electron chi connectivity index (χ2n) is 7.28. The second-order valence-corrected chi connectivity index (χ2v) is 7.28. The van der Waals surface area contributed by atoms with Crippen LogP contribution in [0.25, 0.3) is 10.8 Å². The smallest absolute Gasteiger partial charge is 0.264 e. The summed E-state index contributed by atoms with van der Waals surface area (Å²) >= 11 is 0. The van der Waals surface area contributed by atoms with Crippen LogP contribution in [0.4, 0.5) is 5.69 Å². The molecule has 4 unspecified atom stereocenters. The molecule has 2 aromatic rings. The molecule has 2 bridgehead atoms. The number of nitrogens with zero attached hydrogens (tertiary/aromatic N) is 3. The highest BCUT2D eigenvalue weighted by atomic mass is 16.6. The Morgan fingerprint density at radius 2 is 1.96 bits per heavy atom. The van der Waals surface area contributed by atoms with Crippen molar-refractivity contribution in [1.82, 2.24) is 4.98 Å². The van der Waals surface area contributed by atoms with Gasteiger partial charge in [-0.15, -0.1) is 0 Å². The third-order valence-corrected chi connectivity index (χ3v) is 6.02. The largest absolute Gasteiger partial charge is 0.277 e. The third kappa shape index (κ3) is 2.73. The quantitative estimate of drug-likeness (QED) is 0.609. The minimum Gasteiger partial charge on any atom is -0.264 e. The Bertz CT molecular complexity index is 853. The summed E-state index contributed by atoms with van der Waals surface area (Å²) in [6.07, 6.45) is 6.09. The van der Waals surface area contributed by atoms with Crippen LogP contribution in [0.5, 0.6) is 0 Å². The number of nitro benzene ring substituents is 1. The second kappa shape index (κ2) is 6.06. The van der Waals surface area contributed by atoms with Gasteiger partial charge in [0.1, 0.15) is 0 Å². The van der Waals surface area contributed by atoms with Gasteiger partial charge in [-0.1, -0.05) is 18.6 Å². The summed E-state index contributed by atoms with van der Waals surface area (Å²) in [5, 5.41) is 24.1. The molecule has 4 rings (SSSR count). The lowest BCUT2D eigenvalue weighted by Crippen LogP contribution is -2.35. The molecule has 0 aliphatic heterocycles. The van der Waals surface area contributed by atoms with E-state index in [1.165, 1.54) is 18.7 Å². The summed E-state index contributed by atoms with van der Waals surface area (Å²) in [5.41, 5.74) is 0.601. The van der Waals surface area contributed by atoms with Crippen LogP contribution in [0.1, 0.15) is 31.4 Å². The first-order valence-corrected chi connectivity index (χ1v) is 8.69. The van der Waals surface area contributed by atoms with Gasteiger partial charge in [0.05, 0.1) is 22.4 Å². The lowest BCUT2D eigenvalue weighted by atomic mass is 9.81. The number of non-ortho nitro benzene ring substituents is 1. The fraction of sp³-hybridized carbons (Fsp3) is 0.500. The summed E-state index contributed by atoms with van der Waals surface area (Å²) in [6, 6.07) is 5.78. The Morgan fingerprint density at radius 1 is 1.12 bits per heavy atom. The Labute approximate surface area is 144 Å². The van der Waals surface area contributed by atoms with Crippen molar-refractivity contribution in [3.05, 3.63) is 56.4 Å². The van der Waals surface area contributed by atoms with Crippen LogP contribution in [-0.4, -0.2) is 20.9 Å². The first-order chi connectivity index (χ1) is 12.0. The van der Waals surface area contributed by atoms with Gasteiger partial charge in [-0.05, 0) is 37.2 Å². The highest BCUT2D eigenvalue weighted by Crippen LogP contribution is 2.50. The minimum atomic E-state index is -0.660.